The second-order valence-corrected chi connectivity index (χ2v) is 8.45. The number of aryl methyl sites for hydroxylation is 1. The summed E-state index contributed by atoms with van der Waals surface area (Å²) in [7, 11) is 0. The highest BCUT2D eigenvalue weighted by atomic mass is 14.2. The van der Waals surface area contributed by atoms with Crippen molar-refractivity contribution in [2.24, 2.45) is 0 Å². The van der Waals surface area contributed by atoms with E-state index in [0.29, 0.717) is 11.8 Å². The fourth-order valence-corrected chi connectivity index (χ4v) is 4.13. The first-order valence-corrected chi connectivity index (χ1v) is 10.4. The minimum Gasteiger partial charge on any atom is -0.0652 e. The molecule has 3 rings (SSSR count). The van der Waals surface area contributed by atoms with Gasteiger partial charge in [0, 0.05) is 0 Å². The summed E-state index contributed by atoms with van der Waals surface area (Å²) in [5.74, 6) is 1.11. The van der Waals surface area contributed by atoms with Crippen LogP contribution in [0.25, 0.3) is 17.2 Å². The van der Waals surface area contributed by atoms with E-state index in [-0.39, 0.29) is 0 Å². The van der Waals surface area contributed by atoms with Crippen LogP contribution in [-0.2, 0) is 12.8 Å². The molecule has 0 atom stereocenters. The zero-order valence-electron chi connectivity index (χ0n) is 17.4. The van der Waals surface area contributed by atoms with Crippen molar-refractivity contribution in [1.82, 2.24) is 0 Å². The Morgan fingerprint density at radius 3 is 2.08 bits per heavy atom. The van der Waals surface area contributed by atoms with Crippen LogP contribution in [0.1, 0.15) is 94.0 Å². The first-order chi connectivity index (χ1) is 12.4. The molecule has 0 nitrogen and oxygen atoms in total. The molecule has 0 heteroatoms. The first-order valence-electron chi connectivity index (χ1n) is 10.4. The molecule has 0 unspecified atom stereocenters. The molecule has 0 aliphatic heterocycles. The van der Waals surface area contributed by atoms with Gasteiger partial charge in [-0.2, -0.15) is 0 Å². The Hall–Kier alpha value is -1.82. The summed E-state index contributed by atoms with van der Waals surface area (Å²) in [5.41, 5.74) is 11.9. The van der Waals surface area contributed by atoms with Gasteiger partial charge in [0.25, 0.3) is 0 Å². The Balaban J connectivity index is 2.22. The summed E-state index contributed by atoms with van der Waals surface area (Å²) in [6, 6.07) is 12.0. The molecular weight excluding hydrogens is 312 g/mol. The fraction of sp³-hybridized carbons (Fsp3) is 0.462. The molecule has 138 valence electrons. The predicted molar refractivity (Wildman–Crippen MR) is 116 cm³/mol. The normalized spacial score (nSPS) is 13.5. The van der Waals surface area contributed by atoms with Crippen molar-refractivity contribution >= 4 is 6.08 Å². The van der Waals surface area contributed by atoms with Gasteiger partial charge in [0.2, 0.25) is 0 Å². The van der Waals surface area contributed by atoms with Crippen molar-refractivity contribution in [2.45, 2.75) is 79.1 Å². The summed E-state index contributed by atoms with van der Waals surface area (Å²) in [6.07, 6.45) is 7.17. The fourth-order valence-electron chi connectivity index (χ4n) is 4.13. The maximum atomic E-state index is 2.49. The van der Waals surface area contributed by atoms with E-state index in [4.69, 9.17) is 0 Å². The van der Waals surface area contributed by atoms with Crippen LogP contribution in [0.2, 0.25) is 0 Å². The van der Waals surface area contributed by atoms with Crippen LogP contribution in [0.5, 0.6) is 0 Å². The van der Waals surface area contributed by atoms with E-state index in [1.807, 2.05) is 0 Å². The molecule has 0 aromatic heterocycles. The smallest absolute Gasteiger partial charge is 0.00576 e. The van der Waals surface area contributed by atoms with Gasteiger partial charge < -0.3 is 0 Å². The van der Waals surface area contributed by atoms with E-state index < -0.39 is 0 Å². The molecule has 0 fully saturated rings. The molecule has 0 saturated carbocycles. The van der Waals surface area contributed by atoms with Gasteiger partial charge in [0.15, 0.2) is 0 Å². The number of hydrogen-bond donors (Lipinski definition) is 0. The second-order valence-electron chi connectivity index (χ2n) is 8.45. The average molecular weight is 347 g/mol. The van der Waals surface area contributed by atoms with Crippen LogP contribution in [0.4, 0.5) is 0 Å². The van der Waals surface area contributed by atoms with E-state index in [1.54, 1.807) is 5.57 Å². The maximum absolute atomic E-state index is 2.49. The molecule has 1 aliphatic carbocycles. The highest BCUT2D eigenvalue weighted by Crippen LogP contribution is 2.39. The molecule has 0 heterocycles. The highest BCUT2D eigenvalue weighted by molar-refractivity contribution is 5.83. The monoisotopic (exact) mass is 346 g/mol. The van der Waals surface area contributed by atoms with Crippen molar-refractivity contribution in [2.75, 3.05) is 0 Å². The molecule has 0 spiro atoms. The lowest BCUT2D eigenvalue weighted by atomic mass is 9.86. The maximum Gasteiger partial charge on any atom is -0.00576 e. The molecule has 0 N–H and O–H groups in total. The van der Waals surface area contributed by atoms with Crippen molar-refractivity contribution < 1.29 is 0 Å². The van der Waals surface area contributed by atoms with Gasteiger partial charge in [-0.3, -0.25) is 0 Å². The summed E-state index contributed by atoms with van der Waals surface area (Å²) in [5, 5.41) is 0. The number of fused-ring (bicyclic) bond motifs is 1. The summed E-state index contributed by atoms with van der Waals surface area (Å²) >= 11 is 0. The third kappa shape index (κ3) is 3.65. The van der Waals surface area contributed by atoms with E-state index >= 15 is 0 Å². The average Bonchev–Trinajstić information content (AvgIpc) is 3.03. The third-order valence-corrected chi connectivity index (χ3v) is 5.74. The van der Waals surface area contributed by atoms with Crippen molar-refractivity contribution in [3.63, 3.8) is 0 Å². The minimum absolute atomic E-state index is 0.556. The van der Waals surface area contributed by atoms with Crippen molar-refractivity contribution in [3.8, 4) is 11.1 Å². The van der Waals surface area contributed by atoms with Gasteiger partial charge in [-0.15, -0.1) is 0 Å². The van der Waals surface area contributed by atoms with Crippen LogP contribution in [0.3, 0.4) is 0 Å². The van der Waals surface area contributed by atoms with E-state index in [0.717, 1.165) is 12.8 Å². The molecule has 0 saturated heterocycles. The van der Waals surface area contributed by atoms with Gasteiger partial charge in [-0.25, -0.2) is 0 Å². The van der Waals surface area contributed by atoms with Crippen LogP contribution in [0.15, 0.2) is 35.9 Å². The molecule has 2 aromatic rings. The lowest BCUT2D eigenvalue weighted by Crippen LogP contribution is -1.99. The predicted octanol–water partition coefficient (Wildman–Crippen LogP) is 7.90. The summed E-state index contributed by atoms with van der Waals surface area (Å²) in [4.78, 5) is 0. The van der Waals surface area contributed by atoms with Crippen molar-refractivity contribution in [3.05, 3.63) is 63.7 Å². The Morgan fingerprint density at radius 1 is 0.885 bits per heavy atom. The molecule has 26 heavy (non-hydrogen) atoms. The number of hydrogen-bond acceptors (Lipinski definition) is 0. The minimum atomic E-state index is 0.556. The highest BCUT2D eigenvalue weighted by Gasteiger charge is 2.20. The van der Waals surface area contributed by atoms with Gasteiger partial charge in [-0.05, 0) is 70.0 Å². The quantitative estimate of drug-likeness (QED) is 0.498. The molecule has 1 aliphatic rings. The lowest BCUT2D eigenvalue weighted by Gasteiger charge is -2.18. The standard InChI is InChI=1S/C26H34/c1-7-9-19-12-21-11-10-20(8-2)26(25(21)13-19)24-15-22(17(3)4)14-23(16-24)18(5)6/h10-11,13-18H,7-9,12H2,1-6H3. The largest absolute Gasteiger partial charge is 0.0652 e. The molecule has 0 amide bonds. The summed E-state index contributed by atoms with van der Waals surface area (Å²) < 4.78 is 0. The van der Waals surface area contributed by atoms with Crippen LogP contribution < -0.4 is 0 Å². The Bertz CT molecular complexity index is 792. The molecule has 2 aromatic carbocycles. The second kappa shape index (κ2) is 7.82. The van der Waals surface area contributed by atoms with Crippen LogP contribution in [-0.4, -0.2) is 0 Å². The Kier molecular flexibility index (Phi) is 5.70. The first kappa shape index (κ1) is 19.0. The number of rotatable bonds is 6. The third-order valence-electron chi connectivity index (χ3n) is 5.74. The zero-order valence-corrected chi connectivity index (χ0v) is 17.4. The van der Waals surface area contributed by atoms with E-state index in [1.165, 1.54) is 51.8 Å². The van der Waals surface area contributed by atoms with Crippen molar-refractivity contribution in [1.29, 1.82) is 0 Å². The lowest BCUT2D eigenvalue weighted by molar-refractivity contribution is 0.834. The van der Waals surface area contributed by atoms with Gasteiger partial charge >= 0.3 is 0 Å². The van der Waals surface area contributed by atoms with Crippen LogP contribution >= 0.6 is 0 Å². The molecule has 0 radical (unpaired) electrons. The summed E-state index contributed by atoms with van der Waals surface area (Å²) in [6.45, 7) is 13.8. The topological polar surface area (TPSA) is 0 Å². The number of benzene rings is 2. The SMILES string of the molecule is CCCC1=Cc2c(ccc(CC)c2-c2cc(C(C)C)cc(C(C)C)c2)C1. The Morgan fingerprint density at radius 2 is 1.54 bits per heavy atom. The molecular formula is C26H34. The van der Waals surface area contributed by atoms with Gasteiger partial charge in [-0.1, -0.05) is 89.9 Å². The van der Waals surface area contributed by atoms with Crippen LogP contribution in [0, 0.1) is 0 Å². The van der Waals surface area contributed by atoms with E-state index in [2.05, 4.69) is 78.0 Å². The molecule has 0 bridgehead atoms. The van der Waals surface area contributed by atoms with Gasteiger partial charge in [0.1, 0.15) is 0 Å². The zero-order chi connectivity index (χ0) is 18.8. The van der Waals surface area contributed by atoms with Gasteiger partial charge in [0.05, 0.1) is 0 Å². The Labute approximate surface area is 160 Å². The van der Waals surface area contributed by atoms with E-state index in [9.17, 15) is 0 Å². The number of allylic oxidation sites excluding steroid dienone is 1.